The number of allylic oxidation sites excluding steroid dienone is 2. The number of rotatable bonds is 7. The van der Waals surface area contributed by atoms with E-state index >= 15 is 0 Å². The van der Waals surface area contributed by atoms with Gasteiger partial charge in [-0.3, -0.25) is 4.79 Å². The molecule has 350 valence electrons. The summed E-state index contributed by atoms with van der Waals surface area (Å²) in [5, 5.41) is 45.6. The number of carbonyl (C=O) groups is 1. The Labute approximate surface area is 366 Å². The molecule has 2 bridgehead atoms. The van der Waals surface area contributed by atoms with Crippen LogP contribution >= 0.6 is 0 Å². The number of carbonyl (C=O) groups excluding carboxylic acids is 1. The minimum absolute atomic E-state index is 0.0105. The summed E-state index contributed by atoms with van der Waals surface area (Å²) in [7, 11) is 3.20. The van der Waals surface area contributed by atoms with Crippen molar-refractivity contribution in [2.45, 2.75) is 197 Å². The summed E-state index contributed by atoms with van der Waals surface area (Å²) in [4.78, 5) is 14.3. The van der Waals surface area contributed by atoms with Gasteiger partial charge in [-0.2, -0.15) is 0 Å². The normalized spacial score (nSPS) is 50.2. The quantitative estimate of drug-likeness (QED) is 0.210. The van der Waals surface area contributed by atoms with E-state index in [4.69, 9.17) is 47.4 Å². The zero-order chi connectivity index (χ0) is 44.8. The van der Waals surface area contributed by atoms with Gasteiger partial charge in [0.2, 0.25) is 0 Å². The van der Waals surface area contributed by atoms with Gasteiger partial charge in [0.1, 0.15) is 42.0 Å². The highest BCUT2D eigenvalue weighted by molar-refractivity contribution is 5.78. The number of aliphatic hydroxyl groups excluding tert-OH is 3. The lowest BCUT2D eigenvalue weighted by Gasteiger charge is -2.52. The first kappa shape index (κ1) is 47.9. The van der Waals surface area contributed by atoms with Gasteiger partial charge >= 0.3 is 5.97 Å². The summed E-state index contributed by atoms with van der Waals surface area (Å²) < 4.78 is 63.4. The average Bonchev–Trinajstić information content (AvgIpc) is 3.56. The first-order valence-corrected chi connectivity index (χ1v) is 22.7. The highest BCUT2D eigenvalue weighted by Crippen LogP contribution is 2.48. The second kappa shape index (κ2) is 19.4. The van der Waals surface area contributed by atoms with Gasteiger partial charge in [0.15, 0.2) is 18.4 Å². The van der Waals surface area contributed by atoms with Crippen LogP contribution in [0.25, 0.3) is 0 Å². The van der Waals surface area contributed by atoms with Crippen LogP contribution in [0.5, 0.6) is 0 Å². The molecule has 4 N–H and O–H groups in total. The van der Waals surface area contributed by atoms with Crippen molar-refractivity contribution in [1.82, 2.24) is 0 Å². The molecular weight excluding hydrogens is 805 g/mol. The SMILES string of the molecule is CO[C@H]1C[C@H](O[C@H]2[C@H](C)O[C@@H](O[C@@H]3/C(C)=C/C[C@@H]4C[C@@H](CC5(C[C@H](O)[C@H](C)[C@@H](C(C)C)O5)O4)OC(=O)[C@@H]4C=C(C)[C@@H](O)[C@H]5OC/C(=C\C=C\[C@@H]3C)[C@]54O)C[C@@H]2OC)O[C@@H](C)[C@@H]1O. The zero-order valence-corrected chi connectivity index (χ0v) is 38.1. The molecule has 0 aromatic carbocycles. The molecular formula is C47H72O15. The molecule has 5 saturated heterocycles. The van der Waals surface area contributed by atoms with Gasteiger partial charge in [-0.15, -0.1) is 0 Å². The zero-order valence-electron chi connectivity index (χ0n) is 38.1. The molecule has 15 nitrogen and oxygen atoms in total. The molecule has 15 heteroatoms. The van der Waals surface area contributed by atoms with Crippen molar-refractivity contribution in [3.63, 3.8) is 0 Å². The van der Waals surface area contributed by atoms with E-state index in [0.29, 0.717) is 36.8 Å². The average molecular weight is 877 g/mol. The number of methoxy groups -OCH3 is 2. The van der Waals surface area contributed by atoms with Crippen molar-refractivity contribution in [3.8, 4) is 0 Å². The molecule has 0 saturated carbocycles. The Morgan fingerprint density at radius 1 is 0.855 bits per heavy atom. The molecule has 6 heterocycles. The first-order chi connectivity index (χ1) is 29.4. The molecule has 7 aliphatic rings. The lowest BCUT2D eigenvalue weighted by Crippen LogP contribution is -2.60. The van der Waals surface area contributed by atoms with Crippen molar-refractivity contribution in [3.05, 3.63) is 47.1 Å². The molecule has 20 atom stereocenters. The number of aliphatic hydroxyl groups is 4. The van der Waals surface area contributed by atoms with Gasteiger partial charge in [-0.05, 0) is 56.8 Å². The maximum absolute atomic E-state index is 14.3. The minimum atomic E-state index is -1.87. The number of fused-ring (bicyclic) bond motifs is 2. The van der Waals surface area contributed by atoms with Crippen LogP contribution in [0.3, 0.4) is 0 Å². The Kier molecular flexibility index (Phi) is 15.0. The Bertz CT molecular complexity index is 1700. The molecule has 5 fully saturated rings. The minimum Gasteiger partial charge on any atom is -0.462 e. The van der Waals surface area contributed by atoms with Crippen LogP contribution < -0.4 is 0 Å². The third-order valence-corrected chi connectivity index (χ3v) is 14.5. The molecule has 1 aliphatic carbocycles. The van der Waals surface area contributed by atoms with Crippen molar-refractivity contribution in [2.24, 2.45) is 23.7 Å². The molecule has 6 aliphatic heterocycles. The lowest BCUT2D eigenvalue weighted by molar-refractivity contribution is -0.353. The van der Waals surface area contributed by atoms with E-state index in [1.54, 1.807) is 40.2 Å². The first-order valence-electron chi connectivity index (χ1n) is 22.7. The van der Waals surface area contributed by atoms with Crippen LogP contribution in [0.2, 0.25) is 0 Å². The van der Waals surface area contributed by atoms with Crippen molar-refractivity contribution >= 4 is 5.97 Å². The molecule has 1 unspecified atom stereocenters. The number of hydrogen-bond donors (Lipinski definition) is 4. The predicted molar refractivity (Wildman–Crippen MR) is 224 cm³/mol. The summed E-state index contributed by atoms with van der Waals surface area (Å²) in [6.07, 6.45) is 2.11. The van der Waals surface area contributed by atoms with Crippen molar-refractivity contribution in [1.29, 1.82) is 0 Å². The maximum atomic E-state index is 14.3. The standard InChI is InChI=1S/C47H72O15/c1-23(2)41-27(6)34(48)21-46(62-41)20-32-17-31(61-46)15-14-25(4)42(24(3)12-11-13-30-22-55-44-39(49)26(5)16-33(45(51)58-32)47(30,44)52)59-38-19-36(54-10)43(29(8)57-38)60-37-18-35(53-9)40(50)28(7)56-37/h11-14,16,23-24,27-29,31-44,48-50,52H,15,17-22H2,1-10H3/b12-11+,25-14+,30-13+/t24-,27-,28-,29-,31+,32-,33-,34-,35-,36-,37-,38-,39+,40-,41+,42-,43-,44+,46?,47+/m0/s1. The molecule has 0 radical (unpaired) electrons. The monoisotopic (exact) mass is 876 g/mol. The summed E-state index contributed by atoms with van der Waals surface area (Å²) in [5.74, 6) is -3.24. The van der Waals surface area contributed by atoms with E-state index in [2.05, 4.69) is 19.9 Å². The van der Waals surface area contributed by atoms with E-state index in [-0.39, 0.29) is 43.3 Å². The van der Waals surface area contributed by atoms with E-state index in [9.17, 15) is 25.2 Å². The van der Waals surface area contributed by atoms with E-state index in [1.807, 2.05) is 39.8 Å². The number of hydrogen-bond acceptors (Lipinski definition) is 15. The lowest BCUT2D eigenvalue weighted by atomic mass is 9.71. The van der Waals surface area contributed by atoms with E-state index < -0.39 is 109 Å². The molecule has 1 spiro atoms. The van der Waals surface area contributed by atoms with Gasteiger partial charge in [-0.25, -0.2) is 0 Å². The van der Waals surface area contributed by atoms with Crippen molar-refractivity contribution < 1.29 is 72.6 Å². The maximum Gasteiger partial charge on any atom is 0.316 e. The van der Waals surface area contributed by atoms with Gasteiger partial charge in [0, 0.05) is 58.2 Å². The van der Waals surface area contributed by atoms with E-state index in [0.717, 1.165) is 5.57 Å². The second-order valence-corrected chi connectivity index (χ2v) is 19.3. The molecule has 62 heavy (non-hydrogen) atoms. The van der Waals surface area contributed by atoms with Gasteiger partial charge in [0.25, 0.3) is 0 Å². The summed E-state index contributed by atoms with van der Waals surface area (Å²) in [6, 6.07) is 0. The summed E-state index contributed by atoms with van der Waals surface area (Å²) in [5.41, 5.74) is 0.0192. The molecule has 7 rings (SSSR count). The third-order valence-electron chi connectivity index (χ3n) is 14.5. The number of ether oxygens (including phenoxy) is 10. The second-order valence-electron chi connectivity index (χ2n) is 19.3. The predicted octanol–water partition coefficient (Wildman–Crippen LogP) is 4.18. The van der Waals surface area contributed by atoms with Crippen LogP contribution in [-0.2, 0) is 52.2 Å². The van der Waals surface area contributed by atoms with Crippen LogP contribution in [0.4, 0.5) is 0 Å². The third kappa shape index (κ3) is 9.58. The Hall–Kier alpha value is -2.09. The largest absolute Gasteiger partial charge is 0.462 e. The Morgan fingerprint density at radius 3 is 2.26 bits per heavy atom. The Balaban J connectivity index is 1.18. The fourth-order valence-corrected chi connectivity index (χ4v) is 10.9. The van der Waals surface area contributed by atoms with Gasteiger partial charge in [0.05, 0.1) is 55.4 Å². The molecule has 0 amide bonds. The van der Waals surface area contributed by atoms with Crippen LogP contribution in [0.15, 0.2) is 47.1 Å². The van der Waals surface area contributed by atoms with Crippen LogP contribution in [0, 0.1) is 23.7 Å². The molecule has 0 aromatic heterocycles. The topological polar surface area (TPSA) is 190 Å². The summed E-state index contributed by atoms with van der Waals surface area (Å²) in [6.45, 7) is 15.6. The van der Waals surface area contributed by atoms with Crippen LogP contribution in [0.1, 0.15) is 93.9 Å². The van der Waals surface area contributed by atoms with Crippen LogP contribution in [-0.4, -0.2) is 151 Å². The number of esters is 1. The smallest absolute Gasteiger partial charge is 0.316 e. The fourth-order valence-electron chi connectivity index (χ4n) is 10.9. The molecule has 0 aromatic rings. The highest BCUT2D eigenvalue weighted by atomic mass is 16.7. The Morgan fingerprint density at radius 2 is 1.55 bits per heavy atom. The fraction of sp³-hybridized carbons (Fsp3) is 0.809. The van der Waals surface area contributed by atoms with Gasteiger partial charge in [-0.1, -0.05) is 58.1 Å². The van der Waals surface area contributed by atoms with E-state index in [1.165, 1.54) is 0 Å². The highest BCUT2D eigenvalue weighted by Gasteiger charge is 2.60. The summed E-state index contributed by atoms with van der Waals surface area (Å²) >= 11 is 0. The van der Waals surface area contributed by atoms with Crippen molar-refractivity contribution in [2.75, 3.05) is 20.8 Å². The van der Waals surface area contributed by atoms with Gasteiger partial charge < -0.3 is 67.8 Å².